The maximum atomic E-state index is 14.1. The predicted octanol–water partition coefficient (Wildman–Crippen LogP) is 1.29. The van der Waals surface area contributed by atoms with Crippen LogP contribution in [0.1, 0.15) is 29.7 Å². The van der Waals surface area contributed by atoms with Gasteiger partial charge in [-0.2, -0.15) is 0 Å². The van der Waals surface area contributed by atoms with Crippen molar-refractivity contribution in [1.29, 1.82) is 0 Å². The second-order valence-electron chi connectivity index (χ2n) is 10.8. The zero-order valence-corrected chi connectivity index (χ0v) is 23.5. The molecule has 0 spiro atoms. The molecule has 12 nitrogen and oxygen atoms in total. The third-order valence-corrected chi connectivity index (χ3v) is 7.78. The zero-order valence-electron chi connectivity index (χ0n) is 23.5. The summed E-state index contributed by atoms with van der Waals surface area (Å²) in [6, 6.07) is 13.1. The lowest BCUT2D eigenvalue weighted by Crippen LogP contribution is -2.57. The van der Waals surface area contributed by atoms with E-state index in [2.05, 4.69) is 25.6 Å². The summed E-state index contributed by atoms with van der Waals surface area (Å²) >= 11 is 0. The summed E-state index contributed by atoms with van der Waals surface area (Å²) in [6.45, 7) is 0.297. The number of rotatable bonds is 12. The number of nitrogens with zero attached hydrogens (tertiary/aromatic N) is 2. The van der Waals surface area contributed by atoms with Crippen LogP contribution in [-0.4, -0.2) is 79.4 Å². The average molecular weight is 586 g/mol. The lowest BCUT2D eigenvalue weighted by atomic mass is 10.0. The van der Waals surface area contributed by atoms with Crippen LogP contribution in [0, 0.1) is 0 Å². The summed E-state index contributed by atoms with van der Waals surface area (Å²) in [7, 11) is 0. The molecule has 1 aliphatic rings. The van der Waals surface area contributed by atoms with Crippen molar-refractivity contribution in [3.63, 3.8) is 0 Å². The number of imidazole rings is 1. The summed E-state index contributed by atoms with van der Waals surface area (Å²) in [4.78, 5) is 64.0. The van der Waals surface area contributed by atoms with Crippen molar-refractivity contribution < 1.29 is 24.3 Å². The number of nitrogens with two attached hydrogens (primary N) is 1. The van der Waals surface area contributed by atoms with Crippen LogP contribution in [0.5, 0.6) is 0 Å². The predicted molar refractivity (Wildman–Crippen MR) is 159 cm³/mol. The van der Waals surface area contributed by atoms with E-state index in [1.54, 1.807) is 0 Å². The van der Waals surface area contributed by atoms with Crippen molar-refractivity contribution in [3.8, 4) is 0 Å². The highest BCUT2D eigenvalue weighted by Gasteiger charge is 2.39. The molecule has 12 heteroatoms. The van der Waals surface area contributed by atoms with Gasteiger partial charge in [0.1, 0.15) is 18.1 Å². The van der Waals surface area contributed by atoms with Gasteiger partial charge < -0.3 is 36.3 Å². The van der Waals surface area contributed by atoms with Crippen LogP contribution in [-0.2, 0) is 38.4 Å². The molecule has 4 aromatic rings. The van der Waals surface area contributed by atoms with E-state index >= 15 is 0 Å². The summed E-state index contributed by atoms with van der Waals surface area (Å²) in [5.74, 6) is -2.66. The van der Waals surface area contributed by atoms with Crippen LogP contribution in [0.3, 0.4) is 0 Å². The molecule has 3 amide bonds. The molecular formula is C31H35N7O5. The Balaban J connectivity index is 1.34. The van der Waals surface area contributed by atoms with Gasteiger partial charge in [0.2, 0.25) is 17.7 Å². The summed E-state index contributed by atoms with van der Waals surface area (Å²) in [6.07, 6.45) is 6.15. The van der Waals surface area contributed by atoms with E-state index in [0.29, 0.717) is 31.5 Å². The van der Waals surface area contributed by atoms with E-state index < -0.39 is 47.9 Å². The minimum atomic E-state index is -1.21. The van der Waals surface area contributed by atoms with Crippen LogP contribution in [0.4, 0.5) is 0 Å². The summed E-state index contributed by atoms with van der Waals surface area (Å²) in [5, 5.41) is 16.1. The molecule has 3 heterocycles. The first kappa shape index (κ1) is 29.5. The molecule has 1 aliphatic heterocycles. The first-order valence-corrected chi connectivity index (χ1v) is 14.3. The highest BCUT2D eigenvalue weighted by molar-refractivity contribution is 5.95. The monoisotopic (exact) mass is 585 g/mol. The minimum absolute atomic E-state index is 0.0142. The number of aromatic amines is 2. The van der Waals surface area contributed by atoms with Crippen LogP contribution >= 0.6 is 0 Å². The van der Waals surface area contributed by atoms with Crippen LogP contribution in [0.25, 0.3) is 10.9 Å². The molecule has 1 saturated heterocycles. The van der Waals surface area contributed by atoms with Crippen molar-refractivity contribution in [2.75, 3.05) is 6.54 Å². The first-order valence-electron chi connectivity index (χ1n) is 14.3. The van der Waals surface area contributed by atoms with Gasteiger partial charge in [-0.1, -0.05) is 48.5 Å². The highest BCUT2D eigenvalue weighted by atomic mass is 16.4. The lowest BCUT2D eigenvalue weighted by Gasteiger charge is -2.30. The normalized spacial score (nSPS) is 16.9. The molecule has 0 aliphatic carbocycles. The number of H-pyrrole nitrogens is 2. The van der Waals surface area contributed by atoms with Crippen LogP contribution < -0.4 is 16.4 Å². The number of likely N-dealkylation sites (tertiary alicyclic amines) is 1. The Morgan fingerprint density at radius 3 is 2.49 bits per heavy atom. The van der Waals surface area contributed by atoms with E-state index in [4.69, 9.17) is 5.73 Å². The lowest BCUT2D eigenvalue weighted by molar-refractivity contribution is -0.144. The van der Waals surface area contributed by atoms with Gasteiger partial charge in [-0.3, -0.25) is 14.4 Å². The Morgan fingerprint density at radius 2 is 1.74 bits per heavy atom. The number of benzene rings is 2. The van der Waals surface area contributed by atoms with E-state index in [0.717, 1.165) is 22.0 Å². The third kappa shape index (κ3) is 7.09. The van der Waals surface area contributed by atoms with Crippen molar-refractivity contribution in [1.82, 2.24) is 30.5 Å². The molecule has 4 atom stereocenters. The molecule has 0 saturated carbocycles. The van der Waals surface area contributed by atoms with Gasteiger partial charge >= 0.3 is 5.97 Å². The Labute approximate surface area is 248 Å². The van der Waals surface area contributed by atoms with Crippen LogP contribution in [0.2, 0.25) is 0 Å². The van der Waals surface area contributed by atoms with Gasteiger partial charge in [-0.05, 0) is 36.5 Å². The molecular weight excluding hydrogens is 550 g/mol. The van der Waals surface area contributed by atoms with Gasteiger partial charge in [-0.15, -0.1) is 0 Å². The molecule has 4 unspecified atom stereocenters. The quantitative estimate of drug-likeness (QED) is 0.145. The maximum Gasteiger partial charge on any atom is 0.326 e. The van der Waals surface area contributed by atoms with E-state index in [9.17, 15) is 24.3 Å². The van der Waals surface area contributed by atoms with Gasteiger partial charge in [0.25, 0.3) is 0 Å². The topological polar surface area (TPSA) is 186 Å². The van der Waals surface area contributed by atoms with Crippen molar-refractivity contribution in [3.05, 3.63) is 90.1 Å². The van der Waals surface area contributed by atoms with Gasteiger partial charge in [0.05, 0.1) is 12.4 Å². The zero-order chi connectivity index (χ0) is 30.3. The Bertz CT molecular complexity index is 1570. The van der Waals surface area contributed by atoms with Crippen molar-refractivity contribution in [2.24, 2.45) is 5.73 Å². The number of hydrogen-bond acceptors (Lipinski definition) is 6. The second-order valence-corrected chi connectivity index (χ2v) is 10.8. The number of carbonyl (C=O) groups is 4. The second kappa shape index (κ2) is 13.3. The third-order valence-electron chi connectivity index (χ3n) is 7.78. The summed E-state index contributed by atoms with van der Waals surface area (Å²) in [5.41, 5.74) is 9.43. The SMILES string of the molecule is NC(Cc1ccccc1)C(=O)NC(Cc1c[nH]c2ccccc12)C(=O)N1CCCC1C(=O)NC(Cc1cnc[nH]1)C(=O)O. The van der Waals surface area contributed by atoms with Gasteiger partial charge in [-0.25, -0.2) is 9.78 Å². The average Bonchev–Trinajstić information content (AvgIpc) is 3.78. The molecule has 7 N–H and O–H groups in total. The number of para-hydroxylation sites is 1. The highest BCUT2D eigenvalue weighted by Crippen LogP contribution is 2.23. The number of nitrogens with one attached hydrogen (secondary N) is 4. The maximum absolute atomic E-state index is 14.1. The molecule has 224 valence electrons. The molecule has 0 radical (unpaired) electrons. The number of aliphatic carboxylic acids is 1. The number of amides is 3. The fourth-order valence-corrected chi connectivity index (χ4v) is 5.55. The summed E-state index contributed by atoms with van der Waals surface area (Å²) < 4.78 is 0. The molecule has 2 aromatic carbocycles. The van der Waals surface area contributed by atoms with Gasteiger partial charge in [0, 0.05) is 48.4 Å². The first-order chi connectivity index (χ1) is 20.8. The number of carboxylic acids is 1. The smallest absolute Gasteiger partial charge is 0.326 e. The fourth-order valence-electron chi connectivity index (χ4n) is 5.55. The molecule has 1 fully saturated rings. The Hall–Kier alpha value is -4.97. The molecule has 0 bridgehead atoms. The van der Waals surface area contributed by atoms with Crippen molar-refractivity contribution in [2.45, 2.75) is 56.3 Å². The number of aromatic nitrogens is 3. The largest absolute Gasteiger partial charge is 0.480 e. The number of fused-ring (bicyclic) bond motifs is 1. The van der Waals surface area contributed by atoms with Crippen molar-refractivity contribution >= 4 is 34.6 Å². The van der Waals surface area contributed by atoms with E-state index in [1.807, 2.05) is 60.8 Å². The number of carboxylic acid groups (broad SMARTS) is 1. The molecule has 5 rings (SSSR count). The number of hydrogen-bond donors (Lipinski definition) is 6. The van der Waals surface area contributed by atoms with Crippen LogP contribution in [0.15, 0.2) is 73.3 Å². The number of carbonyl (C=O) groups excluding carboxylic acids is 3. The Morgan fingerprint density at radius 1 is 0.977 bits per heavy atom. The Kier molecular flexibility index (Phi) is 9.16. The fraction of sp³-hybridized carbons (Fsp3) is 0.323. The van der Waals surface area contributed by atoms with Gasteiger partial charge in [0.15, 0.2) is 0 Å². The molecule has 2 aromatic heterocycles. The molecule has 43 heavy (non-hydrogen) atoms. The standard InChI is InChI=1S/C31H35N7O5/c32-23(13-19-7-2-1-3-8-19)28(39)36-25(14-20-16-34-24-10-5-4-9-22(20)24)30(41)38-12-6-11-27(38)29(40)37-26(31(42)43)15-21-17-33-18-35-21/h1-5,7-10,16-18,23,25-27,34H,6,11-15,32H2,(H,33,35)(H,36,39)(H,37,40)(H,42,43). The van der Waals surface area contributed by atoms with E-state index in [-0.39, 0.29) is 12.8 Å². The minimum Gasteiger partial charge on any atom is -0.480 e. The van der Waals surface area contributed by atoms with E-state index in [1.165, 1.54) is 17.4 Å².